The maximum Gasteiger partial charge on any atom is 0.341 e. The molecule has 106 valence electrons. The lowest BCUT2D eigenvalue weighted by molar-refractivity contribution is 0.0525. The Bertz CT molecular complexity index is 604. The van der Waals surface area contributed by atoms with E-state index in [0.29, 0.717) is 23.7 Å². The number of esters is 1. The molecule has 0 aliphatic rings. The monoisotopic (exact) mass is 275 g/mol. The summed E-state index contributed by atoms with van der Waals surface area (Å²) in [7, 11) is 3.78. The summed E-state index contributed by atoms with van der Waals surface area (Å²) in [6.45, 7) is 3.89. The molecule has 0 saturated heterocycles. The normalized spacial score (nSPS) is 10.4. The highest BCUT2D eigenvalue weighted by Gasteiger charge is 2.16. The van der Waals surface area contributed by atoms with Gasteiger partial charge in [0.1, 0.15) is 5.56 Å². The largest absolute Gasteiger partial charge is 0.462 e. The van der Waals surface area contributed by atoms with Gasteiger partial charge in [0.05, 0.1) is 18.5 Å². The van der Waals surface area contributed by atoms with Gasteiger partial charge in [-0.05, 0) is 26.0 Å². The zero-order valence-electron chi connectivity index (χ0n) is 12.0. The van der Waals surface area contributed by atoms with E-state index in [1.54, 1.807) is 24.6 Å². The fourth-order valence-corrected chi connectivity index (χ4v) is 1.72. The van der Waals surface area contributed by atoms with Crippen molar-refractivity contribution < 1.29 is 9.53 Å². The number of carbonyl (C=O) groups is 1. The third-order valence-electron chi connectivity index (χ3n) is 2.82. The number of rotatable bonds is 4. The van der Waals surface area contributed by atoms with Crippen LogP contribution in [0.15, 0.2) is 18.3 Å². The lowest BCUT2D eigenvalue weighted by Gasteiger charge is -2.10. The molecule has 0 bridgehead atoms. The van der Waals surface area contributed by atoms with Crippen LogP contribution >= 0.6 is 0 Å². The zero-order valence-corrected chi connectivity index (χ0v) is 12.0. The Kier molecular flexibility index (Phi) is 3.97. The molecule has 0 aliphatic heterocycles. The first-order valence-corrected chi connectivity index (χ1v) is 6.27. The molecule has 0 fully saturated rings. The van der Waals surface area contributed by atoms with Crippen molar-refractivity contribution in [2.75, 3.05) is 25.6 Å². The van der Waals surface area contributed by atoms with E-state index in [2.05, 4.69) is 15.3 Å². The Morgan fingerprint density at radius 1 is 1.35 bits per heavy atom. The molecule has 0 spiro atoms. The predicted octanol–water partition coefficient (Wildman–Crippen LogP) is 1.21. The summed E-state index contributed by atoms with van der Waals surface area (Å²) >= 11 is 0. The topological polar surface area (TPSA) is 73.1 Å². The molecule has 2 heterocycles. The van der Waals surface area contributed by atoms with E-state index >= 15 is 0 Å². The number of nitrogens with zero attached hydrogens (tertiary/aromatic N) is 5. The van der Waals surface area contributed by atoms with Crippen LogP contribution in [-0.2, 0) is 4.74 Å². The van der Waals surface area contributed by atoms with Crippen LogP contribution in [0.25, 0.3) is 5.82 Å². The standard InChI is InChI=1S/C13H17N5O2/c1-5-20-13(19)10-8-14-18(9(10)2)12-7-6-11(15-16-12)17(3)4/h6-8H,5H2,1-4H3. The number of ether oxygens (including phenoxy) is 1. The molecule has 0 atom stereocenters. The second-order valence-corrected chi connectivity index (χ2v) is 4.42. The highest BCUT2D eigenvalue weighted by atomic mass is 16.5. The van der Waals surface area contributed by atoms with Crippen LogP contribution in [0.2, 0.25) is 0 Å². The van der Waals surface area contributed by atoms with Crippen LogP contribution in [0.5, 0.6) is 0 Å². The fourth-order valence-electron chi connectivity index (χ4n) is 1.72. The molecule has 0 aliphatic carbocycles. The first-order valence-electron chi connectivity index (χ1n) is 6.27. The van der Waals surface area contributed by atoms with Gasteiger partial charge in [-0.2, -0.15) is 5.10 Å². The van der Waals surface area contributed by atoms with Crippen molar-refractivity contribution in [2.24, 2.45) is 0 Å². The quantitative estimate of drug-likeness (QED) is 0.781. The third kappa shape index (κ3) is 2.61. The van der Waals surface area contributed by atoms with E-state index in [4.69, 9.17) is 4.74 Å². The van der Waals surface area contributed by atoms with Crippen LogP contribution in [0, 0.1) is 6.92 Å². The van der Waals surface area contributed by atoms with Gasteiger partial charge in [0.25, 0.3) is 0 Å². The predicted molar refractivity (Wildman–Crippen MR) is 74.2 cm³/mol. The molecule has 0 saturated carbocycles. The second kappa shape index (κ2) is 5.68. The molecule has 0 unspecified atom stereocenters. The van der Waals surface area contributed by atoms with Crippen molar-refractivity contribution >= 4 is 11.8 Å². The minimum atomic E-state index is -0.380. The molecule has 2 aromatic heterocycles. The van der Waals surface area contributed by atoms with Crippen molar-refractivity contribution in [1.29, 1.82) is 0 Å². The zero-order chi connectivity index (χ0) is 14.7. The molecule has 20 heavy (non-hydrogen) atoms. The lowest BCUT2D eigenvalue weighted by atomic mass is 10.2. The molecular formula is C13H17N5O2. The minimum absolute atomic E-state index is 0.334. The number of hydrogen-bond acceptors (Lipinski definition) is 6. The number of carbonyl (C=O) groups excluding carboxylic acids is 1. The molecule has 0 aromatic carbocycles. The van der Waals surface area contributed by atoms with Crippen LogP contribution in [0.4, 0.5) is 5.82 Å². The summed E-state index contributed by atoms with van der Waals surface area (Å²) < 4.78 is 6.54. The van der Waals surface area contributed by atoms with Crippen molar-refractivity contribution in [3.63, 3.8) is 0 Å². The first-order chi connectivity index (χ1) is 9.54. The third-order valence-corrected chi connectivity index (χ3v) is 2.82. The summed E-state index contributed by atoms with van der Waals surface area (Å²) in [5.41, 5.74) is 1.11. The molecule has 0 amide bonds. The highest BCUT2D eigenvalue weighted by molar-refractivity contribution is 5.90. The van der Waals surface area contributed by atoms with Gasteiger partial charge in [-0.25, -0.2) is 9.48 Å². The number of anilines is 1. The average Bonchev–Trinajstić information content (AvgIpc) is 2.81. The van der Waals surface area contributed by atoms with Crippen LogP contribution in [-0.4, -0.2) is 46.6 Å². The minimum Gasteiger partial charge on any atom is -0.462 e. The Morgan fingerprint density at radius 3 is 2.65 bits per heavy atom. The number of hydrogen-bond donors (Lipinski definition) is 0. The Labute approximate surface area is 117 Å². The van der Waals surface area contributed by atoms with Crippen LogP contribution in [0.1, 0.15) is 23.0 Å². The second-order valence-electron chi connectivity index (χ2n) is 4.42. The van der Waals surface area contributed by atoms with Gasteiger partial charge in [-0.15, -0.1) is 10.2 Å². The summed E-state index contributed by atoms with van der Waals surface area (Å²) in [4.78, 5) is 13.6. The van der Waals surface area contributed by atoms with E-state index in [9.17, 15) is 4.79 Å². The Balaban J connectivity index is 2.32. The molecule has 7 nitrogen and oxygen atoms in total. The molecule has 2 rings (SSSR count). The van der Waals surface area contributed by atoms with Gasteiger partial charge in [-0.3, -0.25) is 0 Å². The van der Waals surface area contributed by atoms with E-state index in [0.717, 1.165) is 5.82 Å². The van der Waals surface area contributed by atoms with Crippen molar-refractivity contribution in [1.82, 2.24) is 20.0 Å². The van der Waals surface area contributed by atoms with Gasteiger partial charge < -0.3 is 9.64 Å². The summed E-state index contributed by atoms with van der Waals surface area (Å²) in [5, 5.41) is 12.4. The maximum atomic E-state index is 11.7. The van der Waals surface area contributed by atoms with E-state index in [1.807, 2.05) is 25.1 Å². The van der Waals surface area contributed by atoms with E-state index in [1.165, 1.54) is 6.20 Å². The van der Waals surface area contributed by atoms with Crippen molar-refractivity contribution in [3.05, 3.63) is 29.6 Å². The maximum absolute atomic E-state index is 11.7. The molecular weight excluding hydrogens is 258 g/mol. The van der Waals surface area contributed by atoms with Gasteiger partial charge in [0.15, 0.2) is 11.6 Å². The van der Waals surface area contributed by atoms with Crippen LogP contribution < -0.4 is 4.90 Å². The Morgan fingerprint density at radius 2 is 2.10 bits per heavy atom. The SMILES string of the molecule is CCOC(=O)c1cnn(-c2ccc(N(C)C)nn2)c1C. The molecule has 2 aromatic rings. The smallest absolute Gasteiger partial charge is 0.341 e. The molecule has 7 heteroatoms. The van der Waals surface area contributed by atoms with Gasteiger partial charge in [0, 0.05) is 14.1 Å². The van der Waals surface area contributed by atoms with E-state index < -0.39 is 0 Å². The van der Waals surface area contributed by atoms with Crippen molar-refractivity contribution in [2.45, 2.75) is 13.8 Å². The van der Waals surface area contributed by atoms with Gasteiger partial charge in [-0.1, -0.05) is 0 Å². The Hall–Kier alpha value is -2.44. The molecule has 0 radical (unpaired) electrons. The highest BCUT2D eigenvalue weighted by Crippen LogP contribution is 2.14. The molecule has 0 N–H and O–H groups in total. The lowest BCUT2D eigenvalue weighted by Crippen LogP contribution is -2.13. The fraction of sp³-hybridized carbons (Fsp3) is 0.385. The summed E-state index contributed by atoms with van der Waals surface area (Å²) in [6.07, 6.45) is 1.48. The van der Waals surface area contributed by atoms with Crippen LogP contribution in [0.3, 0.4) is 0 Å². The average molecular weight is 275 g/mol. The number of aromatic nitrogens is 4. The van der Waals surface area contributed by atoms with Crippen molar-refractivity contribution in [3.8, 4) is 5.82 Å². The first kappa shape index (κ1) is 14.0. The summed E-state index contributed by atoms with van der Waals surface area (Å²) in [6, 6.07) is 3.64. The van der Waals surface area contributed by atoms with E-state index in [-0.39, 0.29) is 5.97 Å². The van der Waals surface area contributed by atoms with Gasteiger partial charge in [0.2, 0.25) is 0 Å². The van der Waals surface area contributed by atoms with Gasteiger partial charge >= 0.3 is 5.97 Å². The summed E-state index contributed by atoms with van der Waals surface area (Å²) in [5.74, 6) is 0.932.